The molecule has 1 unspecified atom stereocenters. The van der Waals surface area contributed by atoms with Crippen molar-refractivity contribution in [1.29, 1.82) is 0 Å². The van der Waals surface area contributed by atoms with E-state index in [0.29, 0.717) is 26.4 Å². The molecular formula is C22H40NO3+. The van der Waals surface area contributed by atoms with E-state index in [1.54, 1.807) is 0 Å². The summed E-state index contributed by atoms with van der Waals surface area (Å²) in [5.41, 5.74) is 2.66. The first kappa shape index (κ1) is 22.9. The first-order chi connectivity index (χ1) is 11.7. The number of hydrogen-bond acceptors (Lipinski definition) is 3. The van der Waals surface area contributed by atoms with Gasteiger partial charge >= 0.3 is 0 Å². The van der Waals surface area contributed by atoms with Crippen molar-refractivity contribution in [2.45, 2.75) is 58.5 Å². The predicted octanol–water partition coefficient (Wildman–Crippen LogP) is 3.74. The van der Waals surface area contributed by atoms with Crippen LogP contribution < -0.4 is 4.74 Å². The summed E-state index contributed by atoms with van der Waals surface area (Å²) in [6, 6.07) is 6.49. The van der Waals surface area contributed by atoms with Crippen molar-refractivity contribution < 1.29 is 19.1 Å². The minimum Gasteiger partial charge on any atom is -0.491 e. The Morgan fingerprint density at radius 1 is 0.962 bits per heavy atom. The first-order valence-electron chi connectivity index (χ1n) is 9.54. The molecule has 0 aliphatic heterocycles. The van der Waals surface area contributed by atoms with Gasteiger partial charge in [-0.1, -0.05) is 53.7 Å². The van der Waals surface area contributed by atoms with Gasteiger partial charge in [-0.25, -0.2) is 0 Å². The van der Waals surface area contributed by atoms with Gasteiger partial charge in [-0.3, -0.25) is 0 Å². The predicted molar refractivity (Wildman–Crippen MR) is 109 cm³/mol. The molecule has 0 spiro atoms. The summed E-state index contributed by atoms with van der Waals surface area (Å²) in [6.45, 7) is 15.3. The molecule has 0 amide bonds. The van der Waals surface area contributed by atoms with Crippen LogP contribution in [0.3, 0.4) is 0 Å². The molecule has 1 rings (SSSR count). The van der Waals surface area contributed by atoms with E-state index in [-0.39, 0.29) is 10.8 Å². The van der Waals surface area contributed by atoms with Crippen LogP contribution in [0.1, 0.15) is 52.7 Å². The van der Waals surface area contributed by atoms with Crippen molar-refractivity contribution in [1.82, 2.24) is 0 Å². The zero-order chi connectivity index (χ0) is 20.2. The molecule has 0 radical (unpaired) electrons. The van der Waals surface area contributed by atoms with E-state index in [2.05, 4.69) is 80.9 Å². The highest BCUT2D eigenvalue weighted by Crippen LogP contribution is 2.35. The quantitative estimate of drug-likeness (QED) is 0.563. The second kappa shape index (κ2) is 8.73. The molecule has 0 fully saturated rings. The summed E-state index contributed by atoms with van der Waals surface area (Å²) in [6.07, 6.45) is -0.453. The van der Waals surface area contributed by atoms with Crippen LogP contribution in [0.15, 0.2) is 18.2 Å². The summed E-state index contributed by atoms with van der Waals surface area (Å²) in [5.74, 6) is 0.918. The molecule has 0 saturated heterocycles. The van der Waals surface area contributed by atoms with E-state index >= 15 is 0 Å². The highest BCUT2D eigenvalue weighted by atomic mass is 16.5. The number of rotatable bonds is 8. The number of ether oxygens (including phenoxy) is 2. The van der Waals surface area contributed by atoms with Crippen molar-refractivity contribution in [2.24, 2.45) is 0 Å². The second-order valence-electron chi connectivity index (χ2n) is 10.3. The summed E-state index contributed by atoms with van der Waals surface area (Å²) in [4.78, 5) is 0. The van der Waals surface area contributed by atoms with E-state index in [1.165, 1.54) is 11.1 Å². The van der Waals surface area contributed by atoms with Gasteiger partial charge in [0.15, 0.2) is 0 Å². The summed E-state index contributed by atoms with van der Waals surface area (Å²) >= 11 is 0. The number of aliphatic hydroxyl groups is 1. The van der Waals surface area contributed by atoms with Crippen molar-refractivity contribution in [3.05, 3.63) is 29.3 Å². The maximum absolute atomic E-state index is 9.98. The van der Waals surface area contributed by atoms with Gasteiger partial charge in [-0.05, 0) is 28.0 Å². The van der Waals surface area contributed by atoms with Crippen molar-refractivity contribution in [3.63, 3.8) is 0 Å². The maximum atomic E-state index is 9.98. The Bertz CT molecular complexity index is 562. The topological polar surface area (TPSA) is 38.7 Å². The molecule has 150 valence electrons. The third-order valence-corrected chi connectivity index (χ3v) is 4.21. The number of aliphatic hydroxyl groups excluding tert-OH is 1. The standard InChI is InChI=1S/C22H40NO3/c1-21(2,3)17-10-11-20(19(14-17)22(4,5)6)26-13-12-25-16-18(24)15-23(7,8)9/h10-11,14,18,24H,12-13,15-16H2,1-9H3/q+1. The molecule has 0 aromatic heterocycles. The van der Waals surface area contributed by atoms with Crippen LogP contribution in [0.25, 0.3) is 0 Å². The van der Waals surface area contributed by atoms with Crippen LogP contribution in [0.4, 0.5) is 0 Å². The van der Waals surface area contributed by atoms with Crippen LogP contribution in [0.5, 0.6) is 5.75 Å². The lowest BCUT2D eigenvalue weighted by atomic mass is 9.80. The van der Waals surface area contributed by atoms with Crippen molar-refractivity contribution in [3.8, 4) is 5.75 Å². The summed E-state index contributed by atoms with van der Waals surface area (Å²) in [7, 11) is 6.17. The van der Waals surface area contributed by atoms with Crippen LogP contribution in [-0.2, 0) is 15.6 Å². The second-order valence-corrected chi connectivity index (χ2v) is 10.3. The van der Waals surface area contributed by atoms with Gasteiger partial charge in [0.2, 0.25) is 0 Å². The molecule has 0 bridgehead atoms. The number of hydrogen-bond donors (Lipinski definition) is 1. The molecule has 1 N–H and O–H groups in total. The van der Waals surface area contributed by atoms with Gasteiger partial charge < -0.3 is 19.1 Å². The molecule has 1 atom stereocenters. The minimum atomic E-state index is -0.453. The summed E-state index contributed by atoms with van der Waals surface area (Å²) in [5, 5.41) is 9.98. The molecular weight excluding hydrogens is 326 g/mol. The van der Waals surface area contributed by atoms with E-state index < -0.39 is 6.10 Å². The molecule has 1 aromatic carbocycles. The number of likely N-dealkylation sites (N-methyl/N-ethyl adjacent to an activating group) is 1. The Kier molecular flexibility index (Phi) is 7.70. The van der Waals surface area contributed by atoms with Gasteiger partial charge in [0.05, 0.1) is 34.4 Å². The molecule has 1 aromatic rings. The molecule has 4 nitrogen and oxygen atoms in total. The zero-order valence-corrected chi connectivity index (χ0v) is 18.3. The molecule has 4 heteroatoms. The highest BCUT2D eigenvalue weighted by Gasteiger charge is 2.23. The first-order valence-corrected chi connectivity index (χ1v) is 9.54. The number of quaternary nitrogens is 1. The Balaban J connectivity index is 2.62. The van der Waals surface area contributed by atoms with Crippen molar-refractivity contribution in [2.75, 3.05) is 47.5 Å². The summed E-state index contributed by atoms with van der Waals surface area (Å²) < 4.78 is 12.3. The lowest BCUT2D eigenvalue weighted by molar-refractivity contribution is -0.873. The average Bonchev–Trinajstić information content (AvgIpc) is 2.42. The van der Waals surface area contributed by atoms with Gasteiger partial charge in [-0.15, -0.1) is 0 Å². The molecule has 0 saturated carbocycles. The average molecular weight is 367 g/mol. The van der Waals surface area contributed by atoms with Gasteiger partial charge in [0.25, 0.3) is 0 Å². The van der Waals surface area contributed by atoms with Crippen LogP contribution in [0.2, 0.25) is 0 Å². The Morgan fingerprint density at radius 3 is 2.08 bits per heavy atom. The Hall–Kier alpha value is -1.10. The molecule has 0 heterocycles. The lowest BCUT2D eigenvalue weighted by Gasteiger charge is -2.27. The van der Waals surface area contributed by atoms with Gasteiger partial charge in [0.1, 0.15) is 25.0 Å². The smallest absolute Gasteiger partial charge is 0.126 e. The largest absolute Gasteiger partial charge is 0.491 e. The normalized spacial score (nSPS) is 14.4. The maximum Gasteiger partial charge on any atom is 0.126 e. The molecule has 26 heavy (non-hydrogen) atoms. The van der Waals surface area contributed by atoms with Gasteiger partial charge in [-0.2, -0.15) is 0 Å². The Morgan fingerprint density at radius 2 is 1.58 bits per heavy atom. The number of nitrogens with zero attached hydrogens (tertiary/aromatic N) is 1. The van der Waals surface area contributed by atoms with E-state index in [1.807, 2.05) is 0 Å². The highest BCUT2D eigenvalue weighted by molar-refractivity contribution is 5.43. The fourth-order valence-corrected chi connectivity index (χ4v) is 2.82. The zero-order valence-electron chi connectivity index (χ0n) is 18.3. The Labute approximate surface area is 160 Å². The third-order valence-electron chi connectivity index (χ3n) is 4.21. The van der Waals surface area contributed by atoms with E-state index in [9.17, 15) is 5.11 Å². The van der Waals surface area contributed by atoms with E-state index in [4.69, 9.17) is 9.47 Å². The monoisotopic (exact) mass is 366 g/mol. The van der Waals surface area contributed by atoms with Crippen LogP contribution >= 0.6 is 0 Å². The van der Waals surface area contributed by atoms with E-state index in [0.717, 1.165) is 10.2 Å². The lowest BCUT2D eigenvalue weighted by Crippen LogP contribution is -2.43. The van der Waals surface area contributed by atoms with Gasteiger partial charge in [0, 0.05) is 0 Å². The fraction of sp³-hybridized carbons (Fsp3) is 0.727. The van der Waals surface area contributed by atoms with Crippen LogP contribution in [-0.4, -0.2) is 63.2 Å². The molecule has 0 aliphatic rings. The number of benzene rings is 1. The SMILES string of the molecule is CC(C)(C)c1ccc(OCCOCC(O)C[N+](C)(C)C)c(C(C)(C)C)c1. The van der Waals surface area contributed by atoms with Crippen molar-refractivity contribution >= 4 is 0 Å². The van der Waals surface area contributed by atoms with Crippen LogP contribution in [0, 0.1) is 0 Å². The third kappa shape index (κ3) is 8.07. The fourth-order valence-electron chi connectivity index (χ4n) is 2.82. The molecule has 0 aliphatic carbocycles. The minimum absolute atomic E-state index is 0.0122.